The number of amides is 1. The van der Waals surface area contributed by atoms with Gasteiger partial charge in [0.25, 0.3) is 0 Å². The molecule has 3 nitrogen and oxygen atoms in total. The Morgan fingerprint density at radius 2 is 1.55 bits per heavy atom. The smallest absolute Gasteiger partial charge is 0.224 e. The van der Waals surface area contributed by atoms with E-state index in [1.165, 1.54) is 0 Å². The van der Waals surface area contributed by atoms with Crippen LogP contribution >= 0.6 is 23.2 Å². The van der Waals surface area contributed by atoms with Crippen LogP contribution in [0.3, 0.4) is 0 Å². The number of hydrogen-bond donors (Lipinski definition) is 2. The zero-order valence-corrected chi connectivity index (χ0v) is 12.4. The first kappa shape index (κ1) is 14.7. The van der Waals surface area contributed by atoms with Gasteiger partial charge in [-0.15, -0.1) is 0 Å². The van der Waals surface area contributed by atoms with Gasteiger partial charge in [-0.05, 0) is 36.4 Å². The van der Waals surface area contributed by atoms with Crippen molar-refractivity contribution in [2.45, 2.75) is 13.3 Å². The Hall–Kier alpha value is -1.71. The Morgan fingerprint density at radius 3 is 2.10 bits per heavy atom. The summed E-state index contributed by atoms with van der Waals surface area (Å²) in [4.78, 5) is 11.3. The van der Waals surface area contributed by atoms with Crippen molar-refractivity contribution in [2.75, 3.05) is 10.6 Å². The van der Waals surface area contributed by atoms with E-state index in [1.807, 2.05) is 31.2 Å². The number of para-hydroxylation sites is 1. The van der Waals surface area contributed by atoms with Crippen LogP contribution in [0.4, 0.5) is 17.1 Å². The summed E-state index contributed by atoms with van der Waals surface area (Å²) in [5.41, 5.74) is 2.27. The zero-order valence-electron chi connectivity index (χ0n) is 10.9. The highest BCUT2D eigenvalue weighted by atomic mass is 35.5. The van der Waals surface area contributed by atoms with Crippen molar-refractivity contribution in [3.05, 3.63) is 52.5 Å². The van der Waals surface area contributed by atoms with Crippen LogP contribution < -0.4 is 10.6 Å². The number of nitrogens with one attached hydrogen (secondary N) is 2. The van der Waals surface area contributed by atoms with Crippen LogP contribution in [-0.4, -0.2) is 5.91 Å². The third-order valence-corrected chi connectivity index (χ3v) is 3.35. The van der Waals surface area contributed by atoms with E-state index in [-0.39, 0.29) is 5.91 Å². The minimum Gasteiger partial charge on any atom is -0.353 e. The number of rotatable bonds is 4. The summed E-state index contributed by atoms with van der Waals surface area (Å²) < 4.78 is 0. The van der Waals surface area contributed by atoms with Gasteiger partial charge in [0.2, 0.25) is 5.91 Å². The summed E-state index contributed by atoms with van der Waals surface area (Å²) in [6.45, 7) is 1.81. The molecule has 0 saturated carbocycles. The van der Waals surface area contributed by atoms with Crippen LogP contribution in [0.2, 0.25) is 10.0 Å². The fraction of sp³-hybridized carbons (Fsp3) is 0.133. The van der Waals surface area contributed by atoms with E-state index in [2.05, 4.69) is 10.6 Å². The standard InChI is InChI=1S/C15H14Cl2N2O/c1-2-14(20)18-10-6-8-11(9-7-10)19-15-12(16)4-3-5-13(15)17/h3-9,19H,2H2,1H3,(H,18,20). The highest BCUT2D eigenvalue weighted by Gasteiger charge is 2.05. The number of hydrogen-bond acceptors (Lipinski definition) is 2. The van der Waals surface area contributed by atoms with Gasteiger partial charge in [-0.25, -0.2) is 0 Å². The van der Waals surface area contributed by atoms with Crippen LogP contribution in [-0.2, 0) is 4.79 Å². The second kappa shape index (κ2) is 6.64. The molecule has 2 aromatic carbocycles. The van der Waals surface area contributed by atoms with E-state index >= 15 is 0 Å². The lowest BCUT2D eigenvalue weighted by molar-refractivity contribution is -0.115. The van der Waals surface area contributed by atoms with Crippen molar-refractivity contribution >= 4 is 46.2 Å². The van der Waals surface area contributed by atoms with Crippen molar-refractivity contribution in [1.82, 2.24) is 0 Å². The molecule has 0 aromatic heterocycles. The Balaban J connectivity index is 2.13. The van der Waals surface area contributed by atoms with E-state index < -0.39 is 0 Å². The molecule has 0 atom stereocenters. The van der Waals surface area contributed by atoms with Gasteiger partial charge in [0.1, 0.15) is 0 Å². The number of carbonyl (C=O) groups excluding carboxylic acids is 1. The van der Waals surface area contributed by atoms with Crippen molar-refractivity contribution in [1.29, 1.82) is 0 Å². The molecule has 0 unspecified atom stereocenters. The van der Waals surface area contributed by atoms with Crippen molar-refractivity contribution in [2.24, 2.45) is 0 Å². The highest BCUT2D eigenvalue weighted by molar-refractivity contribution is 6.39. The van der Waals surface area contributed by atoms with E-state index in [0.717, 1.165) is 11.4 Å². The quantitative estimate of drug-likeness (QED) is 0.826. The molecule has 0 aliphatic rings. The maximum atomic E-state index is 11.3. The largest absolute Gasteiger partial charge is 0.353 e. The van der Waals surface area contributed by atoms with E-state index in [4.69, 9.17) is 23.2 Å². The molecule has 104 valence electrons. The molecule has 2 aromatic rings. The van der Waals surface area contributed by atoms with Crippen molar-refractivity contribution in [3.63, 3.8) is 0 Å². The molecule has 0 radical (unpaired) electrons. The van der Waals surface area contributed by atoms with Gasteiger partial charge < -0.3 is 10.6 Å². The molecule has 2 N–H and O–H groups in total. The van der Waals surface area contributed by atoms with Gasteiger partial charge in [0, 0.05) is 17.8 Å². The van der Waals surface area contributed by atoms with Gasteiger partial charge in [0.15, 0.2) is 0 Å². The number of benzene rings is 2. The molecule has 0 fully saturated rings. The topological polar surface area (TPSA) is 41.1 Å². The fourth-order valence-corrected chi connectivity index (χ4v) is 2.14. The molecule has 0 aliphatic heterocycles. The lowest BCUT2D eigenvalue weighted by atomic mass is 10.2. The molecule has 0 spiro atoms. The predicted octanol–water partition coefficient (Wildman–Crippen LogP) is 5.09. The molecule has 20 heavy (non-hydrogen) atoms. The third kappa shape index (κ3) is 3.65. The van der Waals surface area contributed by atoms with Gasteiger partial charge in [-0.3, -0.25) is 4.79 Å². The van der Waals surface area contributed by atoms with Crippen LogP contribution in [0.15, 0.2) is 42.5 Å². The molecular weight excluding hydrogens is 295 g/mol. The number of carbonyl (C=O) groups is 1. The first-order chi connectivity index (χ1) is 9.60. The average molecular weight is 309 g/mol. The van der Waals surface area contributed by atoms with Crippen LogP contribution in [0.1, 0.15) is 13.3 Å². The summed E-state index contributed by atoms with van der Waals surface area (Å²) in [5, 5.41) is 7.06. The van der Waals surface area contributed by atoms with E-state index in [1.54, 1.807) is 18.2 Å². The van der Waals surface area contributed by atoms with Crippen LogP contribution in [0.5, 0.6) is 0 Å². The molecule has 0 bridgehead atoms. The molecule has 5 heteroatoms. The maximum Gasteiger partial charge on any atom is 0.224 e. The third-order valence-electron chi connectivity index (χ3n) is 2.72. The Labute approximate surface area is 127 Å². The van der Waals surface area contributed by atoms with Gasteiger partial charge in [-0.2, -0.15) is 0 Å². The summed E-state index contributed by atoms with van der Waals surface area (Å²) >= 11 is 12.2. The predicted molar refractivity (Wildman–Crippen MR) is 85.1 cm³/mol. The molecule has 0 heterocycles. The molecule has 0 saturated heterocycles. The zero-order chi connectivity index (χ0) is 14.5. The minimum absolute atomic E-state index is 0.0140. The Morgan fingerprint density at radius 1 is 1.00 bits per heavy atom. The van der Waals surface area contributed by atoms with Gasteiger partial charge >= 0.3 is 0 Å². The van der Waals surface area contributed by atoms with E-state index in [0.29, 0.717) is 22.2 Å². The first-order valence-corrected chi connectivity index (χ1v) is 6.96. The van der Waals surface area contributed by atoms with Gasteiger partial charge in [0.05, 0.1) is 15.7 Å². The Kier molecular flexibility index (Phi) is 4.88. The molecule has 2 rings (SSSR count). The minimum atomic E-state index is -0.0140. The molecule has 1 amide bonds. The monoisotopic (exact) mass is 308 g/mol. The normalized spacial score (nSPS) is 10.2. The lowest BCUT2D eigenvalue weighted by Gasteiger charge is -2.11. The second-order valence-corrected chi connectivity index (χ2v) is 5.02. The van der Waals surface area contributed by atoms with Crippen LogP contribution in [0.25, 0.3) is 0 Å². The SMILES string of the molecule is CCC(=O)Nc1ccc(Nc2c(Cl)cccc2Cl)cc1. The first-order valence-electron chi connectivity index (χ1n) is 6.21. The maximum absolute atomic E-state index is 11.3. The fourth-order valence-electron chi connectivity index (χ4n) is 1.65. The lowest BCUT2D eigenvalue weighted by Crippen LogP contribution is -2.09. The van der Waals surface area contributed by atoms with Gasteiger partial charge in [-0.1, -0.05) is 36.2 Å². The van der Waals surface area contributed by atoms with Crippen LogP contribution in [0, 0.1) is 0 Å². The Bertz CT molecular complexity index is 592. The summed E-state index contributed by atoms with van der Waals surface area (Å²) in [5.74, 6) is -0.0140. The summed E-state index contributed by atoms with van der Waals surface area (Å²) in [6.07, 6.45) is 0.454. The molecular formula is C15H14Cl2N2O. The van der Waals surface area contributed by atoms with E-state index in [9.17, 15) is 4.79 Å². The summed E-state index contributed by atoms with van der Waals surface area (Å²) in [6, 6.07) is 12.7. The molecule has 0 aliphatic carbocycles. The average Bonchev–Trinajstić information content (AvgIpc) is 2.44. The number of halogens is 2. The van der Waals surface area contributed by atoms with Crippen molar-refractivity contribution in [3.8, 4) is 0 Å². The number of anilines is 3. The summed E-state index contributed by atoms with van der Waals surface area (Å²) in [7, 11) is 0. The van der Waals surface area contributed by atoms with Crippen molar-refractivity contribution < 1.29 is 4.79 Å². The second-order valence-electron chi connectivity index (χ2n) is 4.20. The highest BCUT2D eigenvalue weighted by Crippen LogP contribution is 2.32.